The zero-order chi connectivity index (χ0) is 29.0. The predicted octanol–water partition coefficient (Wildman–Crippen LogP) is 9.26. The highest BCUT2D eigenvalue weighted by atomic mass is 16.3. The van der Waals surface area contributed by atoms with E-state index in [2.05, 4.69) is 76.3 Å². The van der Waals surface area contributed by atoms with Gasteiger partial charge >= 0.3 is 0 Å². The maximum Gasteiger partial charge on any atom is 0.182 e. The summed E-state index contributed by atoms with van der Waals surface area (Å²) in [6.07, 6.45) is 1.75. The van der Waals surface area contributed by atoms with Crippen LogP contribution in [0.3, 0.4) is 0 Å². The van der Waals surface area contributed by atoms with Crippen LogP contribution in [-0.2, 0) is 0 Å². The summed E-state index contributed by atoms with van der Waals surface area (Å²) in [6, 6.07) is 45.1. The number of hydrogen-bond donors (Lipinski definition) is 0. The molecule has 0 N–H and O–H groups in total. The van der Waals surface area contributed by atoms with Crippen LogP contribution in [0.1, 0.15) is 0 Å². The highest BCUT2D eigenvalue weighted by Crippen LogP contribution is 2.42. The Morgan fingerprint density at radius 3 is 2.09 bits per heavy atom. The lowest BCUT2D eigenvalue weighted by atomic mass is 10.1. The van der Waals surface area contributed by atoms with E-state index in [0.717, 1.165) is 49.8 Å². The minimum Gasteiger partial charge on any atom is -0.455 e. The lowest BCUT2D eigenvalue weighted by Crippen LogP contribution is -2.01. The maximum atomic E-state index is 6.69. The van der Waals surface area contributed by atoms with E-state index in [1.807, 2.05) is 66.7 Å². The number of pyridine rings is 1. The summed E-state index contributed by atoms with van der Waals surface area (Å²) in [6.45, 7) is 0. The zero-order valence-corrected chi connectivity index (χ0v) is 23.4. The Hall–Kier alpha value is -6.14. The van der Waals surface area contributed by atoms with Crippen LogP contribution in [0.25, 0.3) is 83.7 Å². The van der Waals surface area contributed by atoms with Crippen molar-refractivity contribution in [3.8, 4) is 40.0 Å². The molecule has 0 fully saturated rings. The maximum absolute atomic E-state index is 6.69. The minimum absolute atomic E-state index is 0.508. The van der Waals surface area contributed by atoms with Crippen LogP contribution in [0, 0.1) is 0 Å². The van der Waals surface area contributed by atoms with E-state index >= 15 is 0 Å². The van der Waals surface area contributed by atoms with E-state index in [1.54, 1.807) is 6.20 Å². The van der Waals surface area contributed by atoms with Gasteiger partial charge in [0.2, 0.25) is 0 Å². The van der Waals surface area contributed by atoms with Crippen molar-refractivity contribution in [1.29, 1.82) is 0 Å². The van der Waals surface area contributed by atoms with Crippen molar-refractivity contribution in [2.24, 2.45) is 0 Å². The van der Waals surface area contributed by atoms with Gasteiger partial charge in [-0.05, 0) is 48.5 Å². The Labute approximate surface area is 251 Å². The van der Waals surface area contributed by atoms with Crippen molar-refractivity contribution in [1.82, 2.24) is 24.5 Å². The van der Waals surface area contributed by atoms with Gasteiger partial charge in [0.1, 0.15) is 16.9 Å². The molecule has 4 heterocycles. The lowest BCUT2D eigenvalue weighted by Gasteiger charge is -2.09. The van der Waals surface area contributed by atoms with E-state index < -0.39 is 0 Å². The van der Waals surface area contributed by atoms with Crippen LogP contribution >= 0.6 is 0 Å². The van der Waals surface area contributed by atoms with E-state index in [0.29, 0.717) is 23.2 Å². The third-order valence-electron chi connectivity index (χ3n) is 8.11. The average Bonchev–Trinajstić information content (AvgIpc) is 3.65. The Bertz CT molecular complexity index is 2430. The van der Waals surface area contributed by atoms with Crippen LogP contribution in [0.15, 0.2) is 144 Å². The second kappa shape index (κ2) is 9.71. The van der Waals surface area contributed by atoms with Gasteiger partial charge in [0.15, 0.2) is 17.5 Å². The number of benzene rings is 5. The molecular weight excluding hydrogens is 542 g/mol. The molecule has 206 valence electrons. The van der Waals surface area contributed by atoms with Gasteiger partial charge in [-0.3, -0.25) is 4.98 Å². The number of aromatic nitrogens is 5. The first kappa shape index (κ1) is 24.5. The van der Waals surface area contributed by atoms with E-state index in [-0.39, 0.29) is 0 Å². The molecule has 44 heavy (non-hydrogen) atoms. The second-order valence-electron chi connectivity index (χ2n) is 10.7. The largest absolute Gasteiger partial charge is 0.455 e. The zero-order valence-electron chi connectivity index (χ0n) is 23.4. The number of hydrogen-bond acceptors (Lipinski definition) is 5. The topological polar surface area (TPSA) is 69.6 Å². The standard InChI is InChI=1S/C38H23N5O/c1-3-12-24(13-4-1)36-40-37(42-38(41-36)30-19-9-10-23-39-30)29-18-11-17-28-33-32(44-35(28)29)22-21-27-26-16-7-8-20-31(26)43(34(27)33)25-14-5-2-6-15-25/h1-23H. The van der Waals surface area contributed by atoms with Crippen LogP contribution in [0.5, 0.6) is 0 Å². The molecule has 0 aliphatic heterocycles. The molecule has 0 saturated carbocycles. The normalized spacial score (nSPS) is 11.6. The average molecular weight is 566 g/mol. The first-order chi connectivity index (χ1) is 21.8. The summed E-state index contributed by atoms with van der Waals surface area (Å²) >= 11 is 0. The third kappa shape index (κ3) is 3.75. The van der Waals surface area contributed by atoms with Gasteiger partial charge in [0.25, 0.3) is 0 Å². The van der Waals surface area contributed by atoms with Crippen molar-refractivity contribution in [3.05, 3.63) is 140 Å². The fourth-order valence-corrected chi connectivity index (χ4v) is 6.18. The van der Waals surface area contributed by atoms with Gasteiger partial charge in [0, 0.05) is 33.6 Å². The smallest absolute Gasteiger partial charge is 0.182 e. The molecule has 5 aromatic carbocycles. The SMILES string of the molecule is c1ccc(-c2nc(-c3ccccn3)nc(-c3cccc4c3oc3ccc5c6ccccc6n(-c6ccccc6)c5c34)n2)cc1. The van der Waals surface area contributed by atoms with E-state index in [1.165, 1.54) is 10.8 Å². The molecule has 9 rings (SSSR count). The Kier molecular flexibility index (Phi) is 5.40. The quantitative estimate of drug-likeness (QED) is 0.213. The Balaban J connectivity index is 1.36. The Morgan fingerprint density at radius 2 is 1.25 bits per heavy atom. The van der Waals surface area contributed by atoms with Crippen molar-refractivity contribution < 1.29 is 4.42 Å². The lowest BCUT2D eigenvalue weighted by molar-refractivity contribution is 0.669. The molecule has 0 radical (unpaired) electrons. The van der Waals surface area contributed by atoms with Gasteiger partial charge in [-0.15, -0.1) is 0 Å². The van der Waals surface area contributed by atoms with Gasteiger partial charge < -0.3 is 8.98 Å². The first-order valence-electron chi connectivity index (χ1n) is 14.5. The summed E-state index contributed by atoms with van der Waals surface area (Å²) in [5, 5.41) is 4.43. The fourth-order valence-electron chi connectivity index (χ4n) is 6.18. The van der Waals surface area contributed by atoms with Crippen LogP contribution in [-0.4, -0.2) is 24.5 Å². The van der Waals surface area contributed by atoms with Gasteiger partial charge in [0.05, 0.1) is 22.0 Å². The van der Waals surface area contributed by atoms with E-state index in [4.69, 9.17) is 19.4 Å². The predicted molar refractivity (Wildman–Crippen MR) is 176 cm³/mol. The molecule has 0 unspecified atom stereocenters. The summed E-state index contributed by atoms with van der Waals surface area (Å²) in [4.78, 5) is 19.2. The summed E-state index contributed by atoms with van der Waals surface area (Å²) in [5.41, 5.74) is 7.28. The molecule has 0 saturated heterocycles. The van der Waals surface area contributed by atoms with Crippen molar-refractivity contribution >= 4 is 43.7 Å². The fraction of sp³-hybridized carbons (Fsp3) is 0. The van der Waals surface area contributed by atoms with Crippen LogP contribution in [0.4, 0.5) is 0 Å². The molecule has 0 atom stereocenters. The third-order valence-corrected chi connectivity index (χ3v) is 8.11. The molecule has 0 spiro atoms. The summed E-state index contributed by atoms with van der Waals surface area (Å²) in [5.74, 6) is 1.62. The van der Waals surface area contributed by atoms with Crippen LogP contribution < -0.4 is 0 Å². The van der Waals surface area contributed by atoms with Gasteiger partial charge in [-0.1, -0.05) is 84.9 Å². The molecule has 4 aromatic heterocycles. The van der Waals surface area contributed by atoms with Gasteiger partial charge in [-0.25, -0.2) is 15.0 Å². The first-order valence-corrected chi connectivity index (χ1v) is 14.5. The van der Waals surface area contributed by atoms with Crippen LogP contribution in [0.2, 0.25) is 0 Å². The number of rotatable bonds is 4. The summed E-state index contributed by atoms with van der Waals surface area (Å²) < 4.78 is 9.03. The molecule has 6 heteroatoms. The number of fused-ring (bicyclic) bond motifs is 7. The number of para-hydroxylation sites is 3. The molecule has 9 aromatic rings. The minimum atomic E-state index is 0.508. The molecule has 0 aliphatic rings. The molecule has 0 bridgehead atoms. The monoisotopic (exact) mass is 565 g/mol. The molecule has 0 aliphatic carbocycles. The van der Waals surface area contributed by atoms with E-state index in [9.17, 15) is 0 Å². The number of nitrogens with zero attached hydrogens (tertiary/aromatic N) is 5. The summed E-state index contributed by atoms with van der Waals surface area (Å²) in [7, 11) is 0. The van der Waals surface area contributed by atoms with Crippen molar-refractivity contribution in [2.45, 2.75) is 0 Å². The molecule has 6 nitrogen and oxygen atoms in total. The highest BCUT2D eigenvalue weighted by molar-refractivity contribution is 6.25. The van der Waals surface area contributed by atoms with Crippen molar-refractivity contribution in [2.75, 3.05) is 0 Å². The van der Waals surface area contributed by atoms with Gasteiger partial charge in [-0.2, -0.15) is 0 Å². The Morgan fingerprint density at radius 1 is 0.523 bits per heavy atom. The second-order valence-corrected chi connectivity index (χ2v) is 10.7. The molecular formula is C38H23N5O. The molecule has 0 amide bonds. The number of furan rings is 1. The van der Waals surface area contributed by atoms with Crippen molar-refractivity contribution in [3.63, 3.8) is 0 Å². The highest BCUT2D eigenvalue weighted by Gasteiger charge is 2.22.